The standard InChI is InChI=1S/C17H32N2/c1-10-11-17(8,9)13-12(15(2,3)4)18-14(19-13)16(5,6)7/h10-11H2,1-9H3,(H,18,19). The van der Waals surface area contributed by atoms with Gasteiger partial charge in [0.1, 0.15) is 5.82 Å². The van der Waals surface area contributed by atoms with Crippen LogP contribution in [0.4, 0.5) is 0 Å². The number of hydrogen-bond donors (Lipinski definition) is 1. The second kappa shape index (κ2) is 4.96. The Bertz CT molecular complexity index is 425. The number of imidazole rings is 1. The Balaban J connectivity index is 3.41. The van der Waals surface area contributed by atoms with Gasteiger partial charge in [0.25, 0.3) is 0 Å². The summed E-state index contributed by atoms with van der Waals surface area (Å²) >= 11 is 0. The minimum absolute atomic E-state index is 0.0700. The van der Waals surface area contributed by atoms with Gasteiger partial charge in [-0.1, -0.05) is 68.7 Å². The van der Waals surface area contributed by atoms with Crippen molar-refractivity contribution < 1.29 is 0 Å². The van der Waals surface area contributed by atoms with Crippen molar-refractivity contribution in [3.63, 3.8) is 0 Å². The van der Waals surface area contributed by atoms with Crippen LogP contribution in [-0.2, 0) is 16.2 Å². The summed E-state index contributed by atoms with van der Waals surface area (Å²) in [5.41, 5.74) is 2.87. The molecule has 0 aliphatic heterocycles. The molecule has 19 heavy (non-hydrogen) atoms. The van der Waals surface area contributed by atoms with Crippen molar-refractivity contribution >= 4 is 0 Å². The molecule has 2 nitrogen and oxygen atoms in total. The molecule has 0 saturated heterocycles. The summed E-state index contributed by atoms with van der Waals surface area (Å²) in [4.78, 5) is 8.60. The largest absolute Gasteiger partial charge is 0.345 e. The molecular formula is C17H32N2. The van der Waals surface area contributed by atoms with E-state index >= 15 is 0 Å². The summed E-state index contributed by atoms with van der Waals surface area (Å²) < 4.78 is 0. The molecule has 0 spiro atoms. The van der Waals surface area contributed by atoms with Gasteiger partial charge in [-0.25, -0.2) is 4.98 Å². The Hall–Kier alpha value is -0.790. The normalized spacial score (nSPS) is 13.9. The minimum Gasteiger partial charge on any atom is -0.345 e. The number of H-pyrrole nitrogens is 1. The molecule has 1 rings (SSSR count). The average Bonchev–Trinajstić information content (AvgIpc) is 2.60. The van der Waals surface area contributed by atoms with E-state index in [0.29, 0.717) is 0 Å². The van der Waals surface area contributed by atoms with Crippen LogP contribution in [0.25, 0.3) is 0 Å². The number of rotatable bonds is 3. The minimum atomic E-state index is 0.0700. The molecule has 0 bridgehead atoms. The molecule has 0 aliphatic carbocycles. The predicted octanol–water partition coefficient (Wildman–Crippen LogP) is 5.08. The number of nitrogens with zero attached hydrogens (tertiary/aromatic N) is 1. The van der Waals surface area contributed by atoms with Crippen LogP contribution < -0.4 is 0 Å². The van der Waals surface area contributed by atoms with Crippen molar-refractivity contribution in [3.05, 3.63) is 17.2 Å². The maximum absolute atomic E-state index is 4.98. The number of nitrogens with one attached hydrogen (secondary N) is 1. The summed E-state index contributed by atoms with van der Waals surface area (Å²) in [6, 6.07) is 0. The van der Waals surface area contributed by atoms with Gasteiger partial charge >= 0.3 is 0 Å². The Kier molecular flexibility index (Phi) is 4.24. The molecule has 1 aromatic rings. The van der Waals surface area contributed by atoms with Crippen LogP contribution in [0.5, 0.6) is 0 Å². The first-order valence-corrected chi connectivity index (χ1v) is 7.51. The van der Waals surface area contributed by atoms with Crippen LogP contribution in [0.15, 0.2) is 0 Å². The number of hydrogen-bond acceptors (Lipinski definition) is 1. The van der Waals surface area contributed by atoms with Gasteiger partial charge in [-0.05, 0) is 6.42 Å². The summed E-state index contributed by atoms with van der Waals surface area (Å²) in [5.74, 6) is 1.11. The monoisotopic (exact) mass is 264 g/mol. The molecule has 1 N–H and O–H groups in total. The second-order valence-electron chi connectivity index (χ2n) is 8.44. The van der Waals surface area contributed by atoms with Gasteiger partial charge in [-0.3, -0.25) is 0 Å². The molecule has 0 radical (unpaired) electrons. The third kappa shape index (κ3) is 3.61. The van der Waals surface area contributed by atoms with Gasteiger partial charge in [0.15, 0.2) is 0 Å². The van der Waals surface area contributed by atoms with Crippen molar-refractivity contribution in [1.82, 2.24) is 9.97 Å². The summed E-state index contributed by atoms with van der Waals surface area (Å²) in [5, 5.41) is 0. The lowest BCUT2D eigenvalue weighted by Crippen LogP contribution is -2.24. The zero-order chi connectivity index (χ0) is 15.1. The number of aromatic amines is 1. The molecule has 0 fully saturated rings. The van der Waals surface area contributed by atoms with Gasteiger partial charge in [-0.15, -0.1) is 0 Å². The smallest absolute Gasteiger partial charge is 0.112 e. The second-order valence-corrected chi connectivity index (χ2v) is 8.44. The summed E-state index contributed by atoms with van der Waals surface area (Å²) in [6.07, 6.45) is 2.36. The highest BCUT2D eigenvalue weighted by molar-refractivity contribution is 5.30. The maximum atomic E-state index is 4.98. The fourth-order valence-electron chi connectivity index (χ4n) is 2.50. The van der Waals surface area contributed by atoms with Crippen molar-refractivity contribution in [2.75, 3.05) is 0 Å². The Labute approximate surface area is 119 Å². The lowest BCUT2D eigenvalue weighted by molar-refractivity contribution is 0.440. The van der Waals surface area contributed by atoms with Crippen molar-refractivity contribution in [3.8, 4) is 0 Å². The molecule has 0 unspecified atom stereocenters. The highest BCUT2D eigenvalue weighted by Crippen LogP contribution is 2.36. The fraction of sp³-hybridized carbons (Fsp3) is 0.824. The molecule has 0 amide bonds. The van der Waals surface area contributed by atoms with Gasteiger partial charge < -0.3 is 4.98 Å². The van der Waals surface area contributed by atoms with Crippen LogP contribution in [0.2, 0.25) is 0 Å². The van der Waals surface area contributed by atoms with Crippen LogP contribution in [0, 0.1) is 0 Å². The molecule has 0 aliphatic rings. The molecule has 110 valence electrons. The summed E-state index contributed by atoms with van der Waals surface area (Å²) in [6.45, 7) is 20.3. The molecule has 0 saturated carbocycles. The molecule has 0 atom stereocenters. The molecule has 2 heteroatoms. The quantitative estimate of drug-likeness (QED) is 0.810. The first kappa shape index (κ1) is 16.3. The Morgan fingerprint density at radius 3 is 1.79 bits per heavy atom. The number of aromatic nitrogens is 2. The van der Waals surface area contributed by atoms with Crippen molar-refractivity contribution in [2.45, 2.75) is 91.4 Å². The lowest BCUT2D eigenvalue weighted by Gasteiger charge is -2.27. The van der Waals surface area contributed by atoms with Crippen LogP contribution in [0.3, 0.4) is 0 Å². The predicted molar refractivity (Wildman–Crippen MR) is 83.9 cm³/mol. The van der Waals surface area contributed by atoms with E-state index in [-0.39, 0.29) is 16.2 Å². The molecule has 1 heterocycles. The van der Waals surface area contributed by atoms with Crippen LogP contribution in [0.1, 0.15) is 92.4 Å². The van der Waals surface area contributed by atoms with Crippen LogP contribution >= 0.6 is 0 Å². The van der Waals surface area contributed by atoms with E-state index in [1.165, 1.54) is 24.2 Å². The Morgan fingerprint density at radius 1 is 0.895 bits per heavy atom. The van der Waals surface area contributed by atoms with E-state index < -0.39 is 0 Å². The molecule has 0 aromatic carbocycles. The van der Waals surface area contributed by atoms with E-state index in [4.69, 9.17) is 4.98 Å². The summed E-state index contributed by atoms with van der Waals surface area (Å²) in [7, 11) is 0. The lowest BCUT2D eigenvalue weighted by atomic mass is 9.78. The van der Waals surface area contributed by atoms with Gasteiger partial charge in [0.05, 0.1) is 5.69 Å². The van der Waals surface area contributed by atoms with Crippen molar-refractivity contribution in [2.24, 2.45) is 0 Å². The zero-order valence-corrected chi connectivity index (χ0v) is 14.4. The average molecular weight is 264 g/mol. The SMILES string of the molecule is CCCC(C)(C)c1nc(C(C)(C)C)[nH]c1C(C)(C)C. The van der Waals surface area contributed by atoms with E-state index in [1.54, 1.807) is 0 Å². The van der Waals surface area contributed by atoms with E-state index in [9.17, 15) is 0 Å². The highest BCUT2D eigenvalue weighted by atomic mass is 15.0. The topological polar surface area (TPSA) is 28.7 Å². The zero-order valence-electron chi connectivity index (χ0n) is 14.4. The first-order valence-electron chi connectivity index (χ1n) is 7.51. The first-order chi connectivity index (χ1) is 8.39. The van der Waals surface area contributed by atoms with Gasteiger partial charge in [0, 0.05) is 21.9 Å². The Morgan fingerprint density at radius 2 is 1.42 bits per heavy atom. The maximum Gasteiger partial charge on any atom is 0.112 e. The fourth-order valence-corrected chi connectivity index (χ4v) is 2.50. The highest BCUT2D eigenvalue weighted by Gasteiger charge is 2.33. The van der Waals surface area contributed by atoms with E-state index in [1.807, 2.05) is 0 Å². The van der Waals surface area contributed by atoms with E-state index in [0.717, 1.165) is 5.82 Å². The van der Waals surface area contributed by atoms with Gasteiger partial charge in [0.2, 0.25) is 0 Å². The third-order valence-electron chi connectivity index (χ3n) is 3.68. The third-order valence-corrected chi connectivity index (χ3v) is 3.68. The van der Waals surface area contributed by atoms with Crippen molar-refractivity contribution in [1.29, 1.82) is 0 Å². The molecular weight excluding hydrogens is 232 g/mol. The van der Waals surface area contributed by atoms with Gasteiger partial charge in [-0.2, -0.15) is 0 Å². The molecule has 1 aromatic heterocycles. The van der Waals surface area contributed by atoms with Crippen LogP contribution in [-0.4, -0.2) is 9.97 Å². The van der Waals surface area contributed by atoms with E-state index in [2.05, 4.69) is 67.3 Å².